The first kappa shape index (κ1) is 14.3. The Labute approximate surface area is 114 Å². The summed E-state index contributed by atoms with van der Waals surface area (Å²) in [6.07, 6.45) is 4.85. The van der Waals surface area contributed by atoms with Gasteiger partial charge < -0.3 is 15.3 Å². The van der Waals surface area contributed by atoms with Crippen LogP contribution in [0.2, 0.25) is 0 Å². The molecule has 1 aliphatic heterocycles. The van der Waals surface area contributed by atoms with Crippen molar-refractivity contribution < 1.29 is 14.7 Å². The molecule has 0 bridgehead atoms. The Balaban J connectivity index is 1.79. The van der Waals surface area contributed by atoms with Gasteiger partial charge in [-0.3, -0.25) is 9.59 Å². The maximum Gasteiger partial charge on any atom is 0.223 e. The zero-order valence-electron chi connectivity index (χ0n) is 11.6. The predicted octanol–water partition coefficient (Wildman–Crippen LogP) is 0.665. The minimum Gasteiger partial charge on any atom is -0.391 e. The molecule has 19 heavy (non-hydrogen) atoms. The number of nitrogens with zero attached hydrogens (tertiary/aromatic N) is 1. The molecule has 2 aliphatic rings. The molecule has 1 heterocycles. The first-order chi connectivity index (χ1) is 9.08. The van der Waals surface area contributed by atoms with Crippen LogP contribution in [0.3, 0.4) is 0 Å². The number of likely N-dealkylation sites (tertiary alicyclic amines) is 1. The molecule has 0 aromatic carbocycles. The second kappa shape index (κ2) is 6.37. The van der Waals surface area contributed by atoms with E-state index >= 15 is 0 Å². The summed E-state index contributed by atoms with van der Waals surface area (Å²) in [6.45, 7) is 2.90. The zero-order valence-corrected chi connectivity index (χ0v) is 11.6. The van der Waals surface area contributed by atoms with Crippen LogP contribution in [0.25, 0.3) is 0 Å². The molecule has 0 aromatic heterocycles. The number of hydrogen-bond donors (Lipinski definition) is 2. The molecule has 0 unspecified atom stereocenters. The summed E-state index contributed by atoms with van der Waals surface area (Å²) in [5.74, 6) is 0.125. The maximum absolute atomic E-state index is 12.2. The molecular formula is C14H24N2O3. The van der Waals surface area contributed by atoms with Crippen molar-refractivity contribution in [2.45, 2.75) is 57.6 Å². The van der Waals surface area contributed by atoms with Crippen LogP contribution in [-0.4, -0.2) is 47.1 Å². The third kappa shape index (κ3) is 3.69. The summed E-state index contributed by atoms with van der Waals surface area (Å²) in [6, 6.07) is -0.0768. The van der Waals surface area contributed by atoms with Gasteiger partial charge in [-0.1, -0.05) is 12.8 Å². The fourth-order valence-electron chi connectivity index (χ4n) is 3.04. The fraction of sp³-hybridized carbons (Fsp3) is 0.857. The van der Waals surface area contributed by atoms with E-state index < -0.39 is 6.10 Å². The van der Waals surface area contributed by atoms with Crippen LogP contribution in [0, 0.1) is 5.92 Å². The lowest BCUT2D eigenvalue weighted by Crippen LogP contribution is -2.49. The van der Waals surface area contributed by atoms with Crippen LogP contribution in [0.5, 0.6) is 0 Å². The van der Waals surface area contributed by atoms with Gasteiger partial charge in [-0.15, -0.1) is 0 Å². The lowest BCUT2D eigenvalue weighted by Gasteiger charge is -2.33. The number of hydrogen-bond acceptors (Lipinski definition) is 3. The van der Waals surface area contributed by atoms with Crippen LogP contribution in [0.15, 0.2) is 0 Å². The van der Waals surface area contributed by atoms with Crippen molar-refractivity contribution in [3.63, 3.8) is 0 Å². The molecule has 2 N–H and O–H groups in total. The monoisotopic (exact) mass is 268 g/mol. The smallest absolute Gasteiger partial charge is 0.223 e. The van der Waals surface area contributed by atoms with Gasteiger partial charge in [0.1, 0.15) is 0 Å². The number of nitrogens with one attached hydrogen (secondary N) is 1. The molecule has 1 aliphatic carbocycles. The summed E-state index contributed by atoms with van der Waals surface area (Å²) in [7, 11) is 0. The molecule has 108 valence electrons. The second-order valence-corrected chi connectivity index (χ2v) is 5.75. The molecule has 2 fully saturated rings. The van der Waals surface area contributed by atoms with E-state index in [0.717, 1.165) is 38.5 Å². The standard InChI is InChI=1S/C14H24N2O3/c1-10(17)16-8-6-11(7-9-16)14(19)15-12-4-2-3-5-13(12)18/h11-13,18H,2-9H2,1H3,(H,15,19)/t12-,13-/m1/s1. The van der Waals surface area contributed by atoms with Crippen molar-refractivity contribution in [3.8, 4) is 0 Å². The van der Waals surface area contributed by atoms with Crippen molar-refractivity contribution in [3.05, 3.63) is 0 Å². The third-order valence-electron chi connectivity index (χ3n) is 4.37. The Morgan fingerprint density at radius 2 is 1.74 bits per heavy atom. The van der Waals surface area contributed by atoms with E-state index in [1.807, 2.05) is 0 Å². The third-order valence-corrected chi connectivity index (χ3v) is 4.37. The van der Waals surface area contributed by atoms with Gasteiger partial charge in [-0.05, 0) is 25.7 Å². The van der Waals surface area contributed by atoms with Crippen molar-refractivity contribution in [2.24, 2.45) is 5.92 Å². The van der Waals surface area contributed by atoms with E-state index in [2.05, 4.69) is 5.32 Å². The summed E-state index contributed by atoms with van der Waals surface area (Å²) in [5.41, 5.74) is 0. The Hall–Kier alpha value is -1.10. The molecule has 1 saturated heterocycles. The zero-order chi connectivity index (χ0) is 13.8. The van der Waals surface area contributed by atoms with Gasteiger partial charge in [0.25, 0.3) is 0 Å². The van der Waals surface area contributed by atoms with Crippen LogP contribution >= 0.6 is 0 Å². The van der Waals surface area contributed by atoms with Crippen molar-refractivity contribution in [1.82, 2.24) is 10.2 Å². The summed E-state index contributed by atoms with van der Waals surface area (Å²) >= 11 is 0. The molecule has 0 radical (unpaired) electrons. The minimum atomic E-state index is -0.394. The van der Waals surface area contributed by atoms with Crippen molar-refractivity contribution in [1.29, 1.82) is 0 Å². The van der Waals surface area contributed by atoms with Gasteiger partial charge in [0.15, 0.2) is 0 Å². The molecule has 5 heteroatoms. The normalized spacial score (nSPS) is 29.1. The summed E-state index contributed by atoms with van der Waals surface area (Å²) < 4.78 is 0. The van der Waals surface area contributed by atoms with Gasteiger partial charge in [-0.2, -0.15) is 0 Å². The Bertz CT molecular complexity index is 338. The Morgan fingerprint density at radius 1 is 1.11 bits per heavy atom. The number of aliphatic hydroxyl groups excluding tert-OH is 1. The fourth-order valence-corrected chi connectivity index (χ4v) is 3.04. The van der Waals surface area contributed by atoms with Crippen molar-refractivity contribution >= 4 is 11.8 Å². The predicted molar refractivity (Wildman–Crippen MR) is 71.4 cm³/mol. The molecule has 2 atom stereocenters. The van der Waals surface area contributed by atoms with Gasteiger partial charge >= 0.3 is 0 Å². The van der Waals surface area contributed by atoms with E-state index in [-0.39, 0.29) is 23.8 Å². The van der Waals surface area contributed by atoms with Gasteiger partial charge in [0.2, 0.25) is 11.8 Å². The number of carbonyl (C=O) groups is 2. The van der Waals surface area contributed by atoms with Crippen LogP contribution in [0.1, 0.15) is 45.4 Å². The van der Waals surface area contributed by atoms with E-state index in [9.17, 15) is 14.7 Å². The van der Waals surface area contributed by atoms with E-state index in [4.69, 9.17) is 0 Å². The first-order valence-electron chi connectivity index (χ1n) is 7.32. The topological polar surface area (TPSA) is 69.6 Å². The largest absolute Gasteiger partial charge is 0.391 e. The molecule has 0 spiro atoms. The van der Waals surface area contributed by atoms with Crippen molar-refractivity contribution in [2.75, 3.05) is 13.1 Å². The highest BCUT2D eigenvalue weighted by atomic mass is 16.3. The van der Waals surface area contributed by atoms with E-state index in [0.29, 0.717) is 13.1 Å². The van der Waals surface area contributed by atoms with Gasteiger partial charge in [0.05, 0.1) is 12.1 Å². The Morgan fingerprint density at radius 3 is 2.32 bits per heavy atom. The van der Waals surface area contributed by atoms with Crippen LogP contribution in [0.4, 0.5) is 0 Å². The summed E-state index contributed by atoms with van der Waals surface area (Å²) in [4.78, 5) is 25.2. The molecule has 2 amide bonds. The van der Waals surface area contributed by atoms with Crippen LogP contribution in [-0.2, 0) is 9.59 Å². The second-order valence-electron chi connectivity index (χ2n) is 5.75. The van der Waals surface area contributed by atoms with Gasteiger partial charge in [0, 0.05) is 25.9 Å². The SMILES string of the molecule is CC(=O)N1CCC(C(=O)N[C@@H]2CCCC[C@H]2O)CC1. The molecule has 2 rings (SSSR count). The average Bonchev–Trinajstić information content (AvgIpc) is 2.41. The van der Waals surface area contributed by atoms with Crippen LogP contribution < -0.4 is 5.32 Å². The van der Waals surface area contributed by atoms with E-state index in [1.54, 1.807) is 11.8 Å². The molecule has 5 nitrogen and oxygen atoms in total. The lowest BCUT2D eigenvalue weighted by molar-refractivity contribution is -0.134. The number of piperidine rings is 1. The number of rotatable bonds is 2. The van der Waals surface area contributed by atoms with E-state index in [1.165, 1.54) is 0 Å². The average molecular weight is 268 g/mol. The minimum absolute atomic E-state index is 0.00951. The molecule has 0 aromatic rings. The number of amides is 2. The lowest BCUT2D eigenvalue weighted by atomic mass is 9.90. The first-order valence-corrected chi connectivity index (χ1v) is 7.32. The highest BCUT2D eigenvalue weighted by Gasteiger charge is 2.30. The Kier molecular flexibility index (Phi) is 4.80. The highest BCUT2D eigenvalue weighted by molar-refractivity contribution is 5.80. The maximum atomic E-state index is 12.2. The number of carbonyl (C=O) groups excluding carboxylic acids is 2. The quantitative estimate of drug-likeness (QED) is 0.773. The highest BCUT2D eigenvalue weighted by Crippen LogP contribution is 2.21. The number of aliphatic hydroxyl groups is 1. The molecule has 1 saturated carbocycles. The summed E-state index contributed by atoms with van der Waals surface area (Å²) in [5, 5.41) is 12.9. The molecular weight excluding hydrogens is 244 g/mol. The van der Waals surface area contributed by atoms with Gasteiger partial charge in [-0.25, -0.2) is 0 Å².